The second kappa shape index (κ2) is 12.7. The van der Waals surface area contributed by atoms with Crippen LogP contribution in [0.15, 0.2) is 35.3 Å². The molecule has 1 heterocycles. The number of likely N-dealkylation sites (tertiary alicyclic amines) is 1. The van der Waals surface area contributed by atoms with E-state index in [0.29, 0.717) is 12.1 Å². The van der Waals surface area contributed by atoms with E-state index in [2.05, 4.69) is 69.7 Å². The molecular weight excluding hydrogens is 473 g/mol. The van der Waals surface area contributed by atoms with Crippen molar-refractivity contribution < 1.29 is 0 Å². The number of benzene rings is 1. The lowest BCUT2D eigenvalue weighted by molar-refractivity contribution is 0.134. The largest absolute Gasteiger partial charge is 0.355 e. The molecule has 2 atom stereocenters. The molecule has 3 rings (SSSR count). The van der Waals surface area contributed by atoms with E-state index in [1.54, 1.807) is 0 Å². The molecule has 1 aliphatic heterocycles. The van der Waals surface area contributed by atoms with Crippen molar-refractivity contribution in [2.24, 2.45) is 4.99 Å². The van der Waals surface area contributed by atoms with Gasteiger partial charge in [-0.05, 0) is 45.2 Å². The standard InChI is InChI=1S/C23H39N5.HI/c1-19-17-21(13-15-28(19)18-20-9-5-4-6-10-20)26-23(24-2)25-14-16-27(3)22-11-7-8-12-22;/h4-6,9-10,19,21-22H,7-8,11-18H2,1-3H3,(H2,24,25,26);1H. The third-order valence-corrected chi connectivity index (χ3v) is 6.51. The molecule has 2 unspecified atom stereocenters. The van der Waals surface area contributed by atoms with Crippen LogP contribution in [0.3, 0.4) is 0 Å². The van der Waals surface area contributed by atoms with Crippen molar-refractivity contribution in [3.8, 4) is 0 Å². The van der Waals surface area contributed by atoms with Gasteiger partial charge in [0.25, 0.3) is 0 Å². The Kier molecular flexibility index (Phi) is 10.7. The quantitative estimate of drug-likeness (QED) is 0.332. The van der Waals surface area contributed by atoms with Crippen LogP contribution in [-0.2, 0) is 6.54 Å². The molecule has 1 aliphatic carbocycles. The molecule has 5 nitrogen and oxygen atoms in total. The summed E-state index contributed by atoms with van der Waals surface area (Å²) < 4.78 is 0. The minimum absolute atomic E-state index is 0. The maximum absolute atomic E-state index is 4.45. The first-order valence-corrected chi connectivity index (χ1v) is 11.1. The highest BCUT2D eigenvalue weighted by atomic mass is 127. The number of halogens is 1. The number of hydrogen-bond acceptors (Lipinski definition) is 3. The topological polar surface area (TPSA) is 42.9 Å². The average Bonchev–Trinajstić information content (AvgIpc) is 3.25. The van der Waals surface area contributed by atoms with E-state index in [1.807, 2.05) is 7.05 Å². The summed E-state index contributed by atoms with van der Waals surface area (Å²) in [7, 11) is 4.14. The summed E-state index contributed by atoms with van der Waals surface area (Å²) in [5.41, 5.74) is 1.41. The fraction of sp³-hybridized carbons (Fsp3) is 0.696. The zero-order valence-electron chi connectivity index (χ0n) is 18.4. The van der Waals surface area contributed by atoms with Gasteiger partial charge in [0, 0.05) is 51.4 Å². The van der Waals surface area contributed by atoms with Gasteiger partial charge in [-0.25, -0.2) is 0 Å². The van der Waals surface area contributed by atoms with Crippen LogP contribution in [0.5, 0.6) is 0 Å². The Morgan fingerprint density at radius 1 is 1.17 bits per heavy atom. The van der Waals surface area contributed by atoms with Gasteiger partial charge in [-0.2, -0.15) is 0 Å². The first-order chi connectivity index (χ1) is 13.7. The zero-order valence-corrected chi connectivity index (χ0v) is 20.8. The van der Waals surface area contributed by atoms with Crippen molar-refractivity contribution in [3.05, 3.63) is 35.9 Å². The molecule has 2 aliphatic rings. The van der Waals surface area contributed by atoms with Crippen LogP contribution < -0.4 is 10.6 Å². The molecule has 0 bridgehead atoms. The highest BCUT2D eigenvalue weighted by molar-refractivity contribution is 14.0. The van der Waals surface area contributed by atoms with Crippen LogP contribution in [-0.4, -0.2) is 67.6 Å². The molecule has 0 aromatic heterocycles. The van der Waals surface area contributed by atoms with Crippen molar-refractivity contribution in [1.82, 2.24) is 20.4 Å². The lowest BCUT2D eigenvalue weighted by Gasteiger charge is -2.38. The van der Waals surface area contributed by atoms with E-state index >= 15 is 0 Å². The predicted octanol–water partition coefficient (Wildman–Crippen LogP) is 3.70. The average molecular weight is 514 g/mol. The summed E-state index contributed by atoms with van der Waals surface area (Å²) >= 11 is 0. The van der Waals surface area contributed by atoms with Gasteiger partial charge in [-0.1, -0.05) is 43.2 Å². The molecule has 1 saturated heterocycles. The van der Waals surface area contributed by atoms with E-state index in [4.69, 9.17) is 0 Å². The number of nitrogens with one attached hydrogen (secondary N) is 2. The van der Waals surface area contributed by atoms with E-state index in [0.717, 1.165) is 44.6 Å². The van der Waals surface area contributed by atoms with E-state index < -0.39 is 0 Å². The monoisotopic (exact) mass is 513 g/mol. The summed E-state index contributed by atoms with van der Waals surface area (Å²) in [5.74, 6) is 0.952. The molecule has 1 aromatic carbocycles. The Bertz CT molecular complexity index is 603. The van der Waals surface area contributed by atoms with Gasteiger partial charge in [0.1, 0.15) is 0 Å². The molecule has 29 heavy (non-hydrogen) atoms. The van der Waals surface area contributed by atoms with Gasteiger partial charge in [0.15, 0.2) is 5.96 Å². The first-order valence-electron chi connectivity index (χ1n) is 11.1. The second-order valence-electron chi connectivity index (χ2n) is 8.59. The third-order valence-electron chi connectivity index (χ3n) is 6.51. The molecular formula is C23H40IN5. The van der Waals surface area contributed by atoms with Crippen molar-refractivity contribution in [2.45, 2.75) is 70.1 Å². The van der Waals surface area contributed by atoms with E-state index in [-0.39, 0.29) is 24.0 Å². The predicted molar refractivity (Wildman–Crippen MR) is 134 cm³/mol. The SMILES string of the molecule is CN=C(NCCN(C)C1CCCC1)NC1CCN(Cc2ccccc2)C(C)C1.I. The van der Waals surface area contributed by atoms with Crippen LogP contribution >= 0.6 is 24.0 Å². The normalized spacial score (nSPS) is 23.8. The first kappa shape index (κ1) is 24.4. The highest BCUT2D eigenvalue weighted by Crippen LogP contribution is 2.22. The Balaban J connectivity index is 0.00000300. The number of rotatable bonds is 7. The number of aliphatic imine (C=N–C) groups is 1. The van der Waals surface area contributed by atoms with Gasteiger partial charge in [0.2, 0.25) is 0 Å². The molecule has 2 N–H and O–H groups in total. The maximum atomic E-state index is 4.45. The summed E-state index contributed by atoms with van der Waals surface area (Å²) in [6.07, 6.45) is 7.85. The minimum Gasteiger partial charge on any atom is -0.355 e. The number of guanidine groups is 1. The molecule has 164 valence electrons. The highest BCUT2D eigenvalue weighted by Gasteiger charge is 2.26. The summed E-state index contributed by atoms with van der Waals surface area (Å²) in [5, 5.41) is 7.18. The number of piperidine rings is 1. The van der Waals surface area contributed by atoms with Crippen LogP contribution in [0.1, 0.15) is 51.0 Å². The van der Waals surface area contributed by atoms with Crippen LogP contribution in [0.25, 0.3) is 0 Å². The molecule has 1 aromatic rings. The van der Waals surface area contributed by atoms with Crippen molar-refractivity contribution >= 4 is 29.9 Å². The maximum Gasteiger partial charge on any atom is 0.191 e. The summed E-state index contributed by atoms with van der Waals surface area (Å²) in [6, 6.07) is 12.7. The fourth-order valence-electron chi connectivity index (χ4n) is 4.67. The number of likely N-dealkylation sites (N-methyl/N-ethyl adjacent to an activating group) is 1. The van der Waals surface area contributed by atoms with Crippen LogP contribution in [0.2, 0.25) is 0 Å². The van der Waals surface area contributed by atoms with Crippen molar-refractivity contribution in [1.29, 1.82) is 0 Å². The molecule has 0 amide bonds. The van der Waals surface area contributed by atoms with Gasteiger partial charge in [0.05, 0.1) is 0 Å². The third kappa shape index (κ3) is 7.72. The summed E-state index contributed by atoms with van der Waals surface area (Å²) in [4.78, 5) is 9.56. The fourth-order valence-corrected chi connectivity index (χ4v) is 4.67. The van der Waals surface area contributed by atoms with E-state index in [9.17, 15) is 0 Å². The Morgan fingerprint density at radius 3 is 2.55 bits per heavy atom. The smallest absolute Gasteiger partial charge is 0.191 e. The molecule has 6 heteroatoms. The second-order valence-corrected chi connectivity index (χ2v) is 8.59. The zero-order chi connectivity index (χ0) is 19.8. The molecule has 0 spiro atoms. The van der Waals surface area contributed by atoms with Gasteiger partial charge in [-0.3, -0.25) is 9.89 Å². The minimum atomic E-state index is 0. The number of nitrogens with zero attached hydrogens (tertiary/aromatic N) is 3. The Hall–Kier alpha value is -0.860. The molecule has 2 fully saturated rings. The Morgan fingerprint density at radius 2 is 1.90 bits per heavy atom. The van der Waals surface area contributed by atoms with Gasteiger partial charge < -0.3 is 15.5 Å². The lowest BCUT2D eigenvalue weighted by Crippen LogP contribution is -2.52. The van der Waals surface area contributed by atoms with Crippen molar-refractivity contribution in [2.75, 3.05) is 33.7 Å². The van der Waals surface area contributed by atoms with Crippen LogP contribution in [0.4, 0.5) is 0 Å². The Labute approximate surface area is 194 Å². The van der Waals surface area contributed by atoms with Gasteiger partial charge >= 0.3 is 0 Å². The van der Waals surface area contributed by atoms with Crippen LogP contribution in [0, 0.1) is 0 Å². The molecule has 1 saturated carbocycles. The number of hydrogen-bond donors (Lipinski definition) is 2. The molecule has 0 radical (unpaired) electrons. The van der Waals surface area contributed by atoms with Crippen molar-refractivity contribution in [3.63, 3.8) is 0 Å². The van der Waals surface area contributed by atoms with Gasteiger partial charge in [-0.15, -0.1) is 24.0 Å². The lowest BCUT2D eigenvalue weighted by atomic mass is 9.97. The summed E-state index contributed by atoms with van der Waals surface area (Å²) in [6.45, 7) is 6.57. The van der Waals surface area contributed by atoms with E-state index in [1.165, 1.54) is 37.7 Å².